The summed E-state index contributed by atoms with van der Waals surface area (Å²) in [5.74, 6) is -0.690. The van der Waals surface area contributed by atoms with E-state index >= 15 is 0 Å². The number of aryl methyl sites for hydroxylation is 1. The van der Waals surface area contributed by atoms with Gasteiger partial charge in [-0.2, -0.15) is 17.7 Å². The largest absolute Gasteiger partial charge is 0.726 e. The number of thiocarbonyl (C=S) groups is 1. The van der Waals surface area contributed by atoms with Crippen LogP contribution in [0.2, 0.25) is 0 Å². The molecule has 0 spiro atoms. The van der Waals surface area contributed by atoms with E-state index in [0.29, 0.717) is 23.3 Å². The Hall–Kier alpha value is -4.27. The van der Waals surface area contributed by atoms with Crippen LogP contribution in [0.25, 0.3) is 16.7 Å². The number of hydrogen-bond donors (Lipinski definition) is 0. The molecule has 0 saturated carbocycles. The number of alkyl halides is 3. The van der Waals surface area contributed by atoms with Crippen molar-refractivity contribution in [2.45, 2.75) is 71.3 Å². The maximum Gasteiger partial charge on any atom is 0.495 e. The zero-order valence-corrected chi connectivity index (χ0v) is 33.8. The van der Waals surface area contributed by atoms with Gasteiger partial charge in [0, 0.05) is 19.8 Å². The van der Waals surface area contributed by atoms with Crippen LogP contribution < -0.4 is 4.57 Å². The third-order valence-electron chi connectivity index (χ3n) is 7.97. The summed E-state index contributed by atoms with van der Waals surface area (Å²) in [6, 6.07) is 36.0. The molecule has 0 atom stereocenters. The van der Waals surface area contributed by atoms with Crippen molar-refractivity contribution < 1.29 is 44.4 Å². The number of nitrogens with zero attached hydrogens (tertiary/aromatic N) is 3. The first-order valence-electron chi connectivity index (χ1n) is 18.3. The molecule has 0 aliphatic rings. The third-order valence-corrected chi connectivity index (χ3v) is 8.51. The summed E-state index contributed by atoms with van der Waals surface area (Å²) in [6.45, 7) is 6.20. The van der Waals surface area contributed by atoms with Gasteiger partial charge < -0.3 is 14.0 Å². The van der Waals surface area contributed by atoms with E-state index in [-0.39, 0.29) is 0 Å². The van der Waals surface area contributed by atoms with Gasteiger partial charge in [0.25, 0.3) is 0 Å². The normalized spacial score (nSPS) is 10.9. The molecule has 4 aromatic carbocycles. The molecule has 0 radical (unpaired) electrons. The predicted octanol–water partition coefficient (Wildman–Crippen LogP) is 9.83. The summed E-state index contributed by atoms with van der Waals surface area (Å²) in [4.78, 5) is 3.86. The third kappa shape index (κ3) is 19.5. The van der Waals surface area contributed by atoms with Gasteiger partial charge in [0.1, 0.15) is 5.69 Å². The molecule has 0 bridgehead atoms. The molecule has 9 nitrogen and oxygen atoms in total. The number of ether oxygens (including phenoxy) is 2. The van der Waals surface area contributed by atoms with Crippen molar-refractivity contribution in [1.82, 2.24) is 4.57 Å². The fourth-order valence-electron chi connectivity index (χ4n) is 5.25. The molecular formula is C42H52F3N3O6S2. The summed E-state index contributed by atoms with van der Waals surface area (Å²) in [5, 5.41) is 2.37. The Labute approximate surface area is 334 Å². The van der Waals surface area contributed by atoms with Gasteiger partial charge in [-0.3, -0.25) is 4.18 Å². The lowest BCUT2D eigenvalue weighted by molar-refractivity contribution is -0.667. The molecule has 0 unspecified atom stereocenters. The first kappa shape index (κ1) is 47.9. The van der Waals surface area contributed by atoms with E-state index in [1.807, 2.05) is 24.3 Å². The van der Waals surface area contributed by atoms with Crippen LogP contribution in [0.1, 0.15) is 68.8 Å². The van der Waals surface area contributed by atoms with Gasteiger partial charge in [0.05, 0.1) is 32.5 Å². The molecule has 1 heterocycles. The lowest BCUT2D eigenvalue weighted by atomic mass is 10.2. The van der Waals surface area contributed by atoms with Gasteiger partial charge in [-0.05, 0) is 73.3 Å². The molecule has 5 aromatic rings. The Bertz CT molecular complexity index is 1940. The Morgan fingerprint density at radius 3 is 1.68 bits per heavy atom. The minimum Gasteiger partial charge on any atom is -0.726 e. The summed E-state index contributed by atoms with van der Waals surface area (Å²) in [5.41, 5.74) is 4.07. The topological polar surface area (TPSA) is 106 Å². The first-order valence-corrected chi connectivity index (χ1v) is 20.1. The van der Waals surface area contributed by atoms with Crippen molar-refractivity contribution in [3.63, 3.8) is 0 Å². The van der Waals surface area contributed by atoms with Crippen LogP contribution in [-0.2, 0) is 50.5 Å². The fourth-order valence-corrected chi connectivity index (χ4v) is 5.34. The van der Waals surface area contributed by atoms with Crippen molar-refractivity contribution >= 4 is 38.8 Å². The molecule has 0 amide bonds. The average Bonchev–Trinajstić information content (AvgIpc) is 3.51. The van der Waals surface area contributed by atoms with E-state index in [0.717, 1.165) is 52.7 Å². The monoisotopic (exact) mass is 815 g/mol. The Morgan fingerprint density at radius 2 is 1.21 bits per heavy atom. The second-order valence-corrected chi connectivity index (χ2v) is 13.6. The highest BCUT2D eigenvalue weighted by molar-refractivity contribution is 7.80. The summed E-state index contributed by atoms with van der Waals surface area (Å²) in [6.07, 6.45) is 3.97. The summed E-state index contributed by atoms with van der Waals surface area (Å²) in [7, 11) is -2.17. The number of isothiocyanates is 1. The fraction of sp³-hybridized carbons (Fsp3) is 0.381. The molecule has 5 rings (SSSR count). The van der Waals surface area contributed by atoms with E-state index < -0.39 is 22.4 Å². The number of unbranched alkanes of at least 4 members (excludes halogenated alkanes) is 5. The van der Waals surface area contributed by atoms with Crippen molar-refractivity contribution in [3.8, 4) is 5.69 Å². The van der Waals surface area contributed by atoms with Crippen molar-refractivity contribution in [2.24, 2.45) is 12.0 Å². The van der Waals surface area contributed by atoms with E-state index in [1.54, 1.807) is 54.6 Å². The highest BCUT2D eigenvalue weighted by atomic mass is 32.3. The zero-order valence-electron chi connectivity index (χ0n) is 32.2. The van der Waals surface area contributed by atoms with E-state index in [2.05, 4.69) is 69.9 Å². The molecule has 0 saturated heterocycles. The van der Waals surface area contributed by atoms with E-state index in [4.69, 9.17) is 9.47 Å². The van der Waals surface area contributed by atoms with Gasteiger partial charge in [-0.25, -0.2) is 18.0 Å². The van der Waals surface area contributed by atoms with Crippen LogP contribution in [0, 0.1) is 0 Å². The molecular weight excluding hydrogens is 764 g/mol. The number of halogens is 3. The molecule has 56 heavy (non-hydrogen) atoms. The van der Waals surface area contributed by atoms with Crippen LogP contribution in [-0.4, -0.2) is 49.6 Å². The average molecular weight is 816 g/mol. The van der Waals surface area contributed by atoms with Gasteiger partial charge in [-0.15, -0.1) is 0 Å². The quantitative estimate of drug-likeness (QED) is 0.0230. The van der Waals surface area contributed by atoms with Gasteiger partial charge in [0.15, 0.2) is 11.0 Å². The first-order chi connectivity index (χ1) is 26.9. The van der Waals surface area contributed by atoms with Crippen LogP contribution in [0.3, 0.4) is 0 Å². The Kier molecular flexibility index (Phi) is 23.4. The maximum absolute atomic E-state index is 13.4. The number of benzene rings is 4. The lowest BCUT2D eigenvalue weighted by Crippen LogP contribution is -2.38. The summed E-state index contributed by atoms with van der Waals surface area (Å²) < 4.78 is 84.7. The van der Waals surface area contributed by atoms with E-state index in [1.165, 1.54) is 53.0 Å². The minimum atomic E-state index is -4.43. The minimum absolute atomic E-state index is 0.497. The van der Waals surface area contributed by atoms with Gasteiger partial charge in [0.2, 0.25) is 10.4 Å². The lowest BCUT2D eigenvalue weighted by Gasteiger charge is -2.05. The Balaban J connectivity index is 0.000000274. The highest BCUT2D eigenvalue weighted by Crippen LogP contribution is 2.32. The SMILES string of the molecule is CCCCCCOCc1ccccc1.COS(=O)(=O)[O-].C[n+]1c(C(F)(F)F)n(-c2ccccc2)c2ccccc21.S=C=NCCCCCOCc1ccccc1. The molecule has 1 aromatic heterocycles. The number of fused-ring (bicyclic) bond motifs is 1. The van der Waals surface area contributed by atoms with Crippen LogP contribution >= 0.6 is 12.2 Å². The second kappa shape index (κ2) is 27.3. The van der Waals surface area contributed by atoms with Crippen molar-refractivity contribution in [1.29, 1.82) is 0 Å². The highest BCUT2D eigenvalue weighted by Gasteiger charge is 2.46. The maximum atomic E-state index is 13.4. The number of imidazole rings is 1. The van der Waals surface area contributed by atoms with Crippen LogP contribution in [0.4, 0.5) is 13.2 Å². The standard InChI is InChI=1S/C15H12F3N2.C13H17NOS.C13H20O.CH4O4S/c1-19-12-9-5-6-10-13(12)20(14(19)15(16,17)18)11-7-3-2-4-8-11;16-12-14-9-5-2-6-10-15-11-13-7-3-1-4-8-13;1-2-3-4-8-11-14-12-13-9-6-5-7-10-13;1-5-6(2,3)4/h2-10H,1H3;1,3-4,7-8H,2,5-6,9-11H2;5-7,9-10H,2-4,8,11-12H2,1H3;1H3,(H,2,3,4)/q+1;;;/p-1. The van der Waals surface area contributed by atoms with Crippen molar-refractivity contribution in [3.05, 3.63) is 132 Å². The number of aliphatic imine (C=N–C) groups is 1. The molecule has 304 valence electrons. The summed E-state index contributed by atoms with van der Waals surface area (Å²) >= 11 is 4.48. The molecule has 14 heteroatoms. The number of hydrogen-bond acceptors (Lipinski definition) is 8. The second-order valence-electron chi connectivity index (χ2n) is 12.3. The molecule has 0 aliphatic heterocycles. The van der Waals surface area contributed by atoms with E-state index in [9.17, 15) is 26.1 Å². The molecule has 0 fully saturated rings. The zero-order chi connectivity index (χ0) is 41.1. The number of rotatable bonds is 17. The number of aromatic nitrogens is 2. The van der Waals surface area contributed by atoms with Crippen LogP contribution in [0.15, 0.2) is 120 Å². The van der Waals surface area contributed by atoms with Crippen LogP contribution in [0.5, 0.6) is 0 Å². The molecule has 0 N–H and O–H groups in total. The molecule has 0 aliphatic carbocycles. The number of para-hydroxylation sites is 3. The predicted molar refractivity (Wildman–Crippen MR) is 216 cm³/mol. The van der Waals surface area contributed by atoms with Crippen molar-refractivity contribution in [2.75, 3.05) is 26.9 Å². The Morgan fingerprint density at radius 1 is 0.750 bits per heavy atom. The smallest absolute Gasteiger partial charge is 0.495 e. The van der Waals surface area contributed by atoms with Gasteiger partial charge in [-0.1, -0.05) is 117 Å². The van der Waals surface area contributed by atoms with Gasteiger partial charge >= 0.3 is 12.0 Å².